The molecule has 0 unspecified atom stereocenters. The van der Waals surface area contributed by atoms with E-state index in [1.165, 1.54) is 16.5 Å². The van der Waals surface area contributed by atoms with E-state index in [0.717, 1.165) is 55.7 Å². The molecule has 1 saturated heterocycles. The Balaban J connectivity index is 1.43. The maximum Gasteiger partial charge on any atom is 0.270 e. The highest BCUT2D eigenvalue weighted by molar-refractivity contribution is 6.01. The predicted molar refractivity (Wildman–Crippen MR) is 108 cm³/mol. The SMILES string of the molecule is Cc1cc(C)c2[nH]c(C(=O)N3CCC(CCn4cccn4)CC3)c(C)c2c1. The van der Waals surface area contributed by atoms with Crippen molar-refractivity contribution in [3.8, 4) is 0 Å². The van der Waals surface area contributed by atoms with Gasteiger partial charge in [0, 0.05) is 42.9 Å². The number of nitrogens with zero attached hydrogens (tertiary/aromatic N) is 3. The Morgan fingerprint density at radius 3 is 2.70 bits per heavy atom. The molecule has 2 aromatic heterocycles. The fourth-order valence-corrected chi connectivity index (χ4v) is 4.33. The molecule has 5 nitrogen and oxygen atoms in total. The van der Waals surface area contributed by atoms with Crippen molar-refractivity contribution in [3.63, 3.8) is 0 Å². The number of hydrogen-bond donors (Lipinski definition) is 1. The van der Waals surface area contributed by atoms with Crippen LogP contribution in [0.4, 0.5) is 0 Å². The predicted octanol–water partition coefficient (Wildman–Crippen LogP) is 4.23. The van der Waals surface area contributed by atoms with Crippen molar-refractivity contribution >= 4 is 16.8 Å². The van der Waals surface area contributed by atoms with Crippen LogP contribution >= 0.6 is 0 Å². The molecule has 1 aliphatic rings. The number of likely N-dealkylation sites (tertiary alicyclic amines) is 1. The molecule has 3 aromatic rings. The van der Waals surface area contributed by atoms with Gasteiger partial charge in [0.25, 0.3) is 5.91 Å². The van der Waals surface area contributed by atoms with Gasteiger partial charge in [-0.05, 0) is 69.2 Å². The number of benzene rings is 1. The first kappa shape index (κ1) is 17.8. The summed E-state index contributed by atoms with van der Waals surface area (Å²) in [6.07, 6.45) is 7.12. The molecule has 0 aliphatic carbocycles. The average molecular weight is 364 g/mol. The topological polar surface area (TPSA) is 53.9 Å². The van der Waals surface area contributed by atoms with Crippen molar-refractivity contribution < 1.29 is 4.79 Å². The summed E-state index contributed by atoms with van der Waals surface area (Å²) in [5.41, 5.74) is 5.36. The zero-order valence-electron chi connectivity index (χ0n) is 16.5. The lowest BCUT2D eigenvalue weighted by atomic mass is 9.93. The number of hydrogen-bond acceptors (Lipinski definition) is 2. The van der Waals surface area contributed by atoms with Crippen LogP contribution in [0.25, 0.3) is 10.9 Å². The Morgan fingerprint density at radius 2 is 2.00 bits per heavy atom. The van der Waals surface area contributed by atoms with Crippen molar-refractivity contribution in [1.82, 2.24) is 19.7 Å². The van der Waals surface area contributed by atoms with E-state index in [-0.39, 0.29) is 5.91 Å². The van der Waals surface area contributed by atoms with Crippen LogP contribution in [-0.4, -0.2) is 38.7 Å². The van der Waals surface area contributed by atoms with E-state index in [2.05, 4.69) is 43.0 Å². The van der Waals surface area contributed by atoms with Gasteiger partial charge in [-0.25, -0.2) is 0 Å². The first-order valence-corrected chi connectivity index (χ1v) is 9.89. The number of aromatic amines is 1. The van der Waals surface area contributed by atoms with Gasteiger partial charge in [-0.3, -0.25) is 9.48 Å². The van der Waals surface area contributed by atoms with E-state index < -0.39 is 0 Å². The number of aromatic nitrogens is 3. The number of aryl methyl sites for hydroxylation is 4. The normalized spacial score (nSPS) is 15.6. The molecule has 1 N–H and O–H groups in total. The summed E-state index contributed by atoms with van der Waals surface area (Å²) in [5.74, 6) is 0.818. The minimum absolute atomic E-state index is 0.145. The molecule has 0 spiro atoms. The fraction of sp³-hybridized carbons (Fsp3) is 0.455. The third-order valence-corrected chi connectivity index (χ3v) is 5.95. The van der Waals surface area contributed by atoms with Crippen molar-refractivity contribution in [3.05, 3.63) is 53.0 Å². The Morgan fingerprint density at radius 1 is 1.22 bits per heavy atom. The molecule has 27 heavy (non-hydrogen) atoms. The minimum atomic E-state index is 0.145. The van der Waals surface area contributed by atoms with E-state index in [1.54, 1.807) is 0 Å². The van der Waals surface area contributed by atoms with Crippen molar-refractivity contribution in [2.75, 3.05) is 13.1 Å². The van der Waals surface area contributed by atoms with Crippen LogP contribution in [0.5, 0.6) is 0 Å². The van der Waals surface area contributed by atoms with E-state index in [4.69, 9.17) is 0 Å². The van der Waals surface area contributed by atoms with Crippen LogP contribution in [-0.2, 0) is 6.54 Å². The number of piperidine rings is 1. The number of carbonyl (C=O) groups is 1. The second kappa shape index (κ2) is 7.22. The molecule has 1 aromatic carbocycles. The van der Waals surface area contributed by atoms with E-state index in [9.17, 15) is 4.79 Å². The summed E-state index contributed by atoms with van der Waals surface area (Å²) < 4.78 is 2.00. The number of H-pyrrole nitrogens is 1. The number of carbonyl (C=O) groups excluding carboxylic acids is 1. The average Bonchev–Trinajstić information content (AvgIpc) is 3.29. The molecule has 0 radical (unpaired) electrons. The van der Waals surface area contributed by atoms with Crippen LogP contribution < -0.4 is 0 Å². The van der Waals surface area contributed by atoms with Crippen LogP contribution in [0.1, 0.15) is 46.4 Å². The summed E-state index contributed by atoms with van der Waals surface area (Å²) in [6, 6.07) is 6.30. The van der Waals surface area contributed by atoms with Crippen LogP contribution in [0.2, 0.25) is 0 Å². The standard InChI is InChI=1S/C22H28N4O/c1-15-13-16(2)20-19(14-15)17(3)21(24-20)22(27)25-10-5-18(6-11-25)7-12-26-9-4-8-23-26/h4,8-9,13-14,18,24H,5-7,10-12H2,1-3H3. The fourth-order valence-electron chi connectivity index (χ4n) is 4.33. The molecule has 4 rings (SSSR count). The minimum Gasteiger partial charge on any atom is -0.350 e. The van der Waals surface area contributed by atoms with Gasteiger partial charge in [0.05, 0.1) is 0 Å². The summed E-state index contributed by atoms with van der Waals surface area (Å²) >= 11 is 0. The Bertz CT molecular complexity index is 947. The summed E-state index contributed by atoms with van der Waals surface area (Å²) in [5, 5.41) is 5.45. The second-order valence-corrected chi connectivity index (χ2v) is 7.92. The molecule has 0 atom stereocenters. The molecule has 1 amide bonds. The van der Waals surface area contributed by atoms with Gasteiger partial charge in [0.15, 0.2) is 0 Å². The van der Waals surface area contributed by atoms with Gasteiger partial charge in [-0.15, -0.1) is 0 Å². The maximum atomic E-state index is 13.1. The lowest BCUT2D eigenvalue weighted by Gasteiger charge is -2.32. The monoisotopic (exact) mass is 364 g/mol. The summed E-state index contributed by atoms with van der Waals surface area (Å²) in [6.45, 7) is 8.91. The summed E-state index contributed by atoms with van der Waals surface area (Å²) in [4.78, 5) is 18.5. The van der Waals surface area contributed by atoms with Gasteiger partial charge in [0.1, 0.15) is 5.69 Å². The van der Waals surface area contributed by atoms with Gasteiger partial charge >= 0.3 is 0 Å². The number of nitrogens with one attached hydrogen (secondary N) is 1. The first-order chi connectivity index (χ1) is 13.0. The molecule has 0 bridgehead atoms. The van der Waals surface area contributed by atoms with E-state index in [1.807, 2.05) is 28.0 Å². The van der Waals surface area contributed by atoms with Crippen LogP contribution in [0, 0.1) is 26.7 Å². The van der Waals surface area contributed by atoms with Crippen LogP contribution in [0.15, 0.2) is 30.6 Å². The van der Waals surface area contributed by atoms with Gasteiger partial charge in [0.2, 0.25) is 0 Å². The lowest BCUT2D eigenvalue weighted by molar-refractivity contribution is 0.0678. The lowest BCUT2D eigenvalue weighted by Crippen LogP contribution is -2.39. The highest BCUT2D eigenvalue weighted by Crippen LogP contribution is 2.28. The molecule has 1 aliphatic heterocycles. The van der Waals surface area contributed by atoms with E-state index >= 15 is 0 Å². The quantitative estimate of drug-likeness (QED) is 0.753. The number of amides is 1. The molecule has 3 heterocycles. The zero-order chi connectivity index (χ0) is 19.0. The Hall–Kier alpha value is -2.56. The largest absolute Gasteiger partial charge is 0.350 e. The van der Waals surface area contributed by atoms with Crippen molar-refractivity contribution in [2.24, 2.45) is 5.92 Å². The Kier molecular flexibility index (Phi) is 4.77. The van der Waals surface area contributed by atoms with Gasteiger partial charge in [-0.2, -0.15) is 5.10 Å². The molecule has 1 fully saturated rings. The molecular formula is C22H28N4O. The second-order valence-electron chi connectivity index (χ2n) is 7.92. The van der Waals surface area contributed by atoms with Crippen LogP contribution in [0.3, 0.4) is 0 Å². The summed E-state index contributed by atoms with van der Waals surface area (Å²) in [7, 11) is 0. The molecule has 5 heteroatoms. The number of fused-ring (bicyclic) bond motifs is 1. The van der Waals surface area contributed by atoms with Crippen molar-refractivity contribution in [2.45, 2.75) is 46.6 Å². The zero-order valence-corrected chi connectivity index (χ0v) is 16.5. The molecular weight excluding hydrogens is 336 g/mol. The van der Waals surface area contributed by atoms with Gasteiger partial charge in [-0.1, -0.05) is 11.6 Å². The first-order valence-electron chi connectivity index (χ1n) is 9.89. The van der Waals surface area contributed by atoms with E-state index in [0.29, 0.717) is 5.92 Å². The maximum absolute atomic E-state index is 13.1. The molecule has 0 saturated carbocycles. The third kappa shape index (κ3) is 3.51. The number of rotatable bonds is 4. The highest BCUT2D eigenvalue weighted by Gasteiger charge is 2.26. The Labute approximate surface area is 160 Å². The third-order valence-electron chi connectivity index (χ3n) is 5.95. The molecule has 142 valence electrons. The highest BCUT2D eigenvalue weighted by atomic mass is 16.2. The smallest absolute Gasteiger partial charge is 0.270 e. The van der Waals surface area contributed by atoms with Crippen molar-refractivity contribution in [1.29, 1.82) is 0 Å². The van der Waals surface area contributed by atoms with Gasteiger partial charge < -0.3 is 9.88 Å².